The first kappa shape index (κ1) is 7.53. The van der Waals surface area contributed by atoms with Crippen molar-refractivity contribution in [2.24, 2.45) is 0 Å². The van der Waals surface area contributed by atoms with Gasteiger partial charge in [-0.25, -0.2) is 4.73 Å². The lowest BCUT2D eigenvalue weighted by Gasteiger charge is -2.08. The van der Waals surface area contributed by atoms with Crippen LogP contribution in [0.2, 0.25) is 0 Å². The lowest BCUT2D eigenvalue weighted by atomic mass is 10.1. The summed E-state index contributed by atoms with van der Waals surface area (Å²) >= 11 is 0. The fourth-order valence-electron chi connectivity index (χ4n) is 1.73. The Balaban J connectivity index is 2.42. The van der Waals surface area contributed by atoms with Crippen molar-refractivity contribution in [3.05, 3.63) is 29.0 Å². The van der Waals surface area contributed by atoms with Crippen LogP contribution in [0.5, 0.6) is 0 Å². The molecule has 64 valence electrons. The minimum atomic E-state index is 0.917. The van der Waals surface area contributed by atoms with Crippen molar-refractivity contribution in [3.63, 3.8) is 0 Å². The first-order valence-electron chi connectivity index (χ1n) is 4.43. The van der Waals surface area contributed by atoms with Crippen molar-refractivity contribution in [2.75, 3.05) is 0 Å². The predicted molar refractivity (Wildman–Crippen MR) is 44.5 cm³/mol. The van der Waals surface area contributed by atoms with E-state index in [0.717, 1.165) is 35.3 Å². The summed E-state index contributed by atoms with van der Waals surface area (Å²) in [5.41, 5.74) is 2.08. The molecule has 1 aliphatic carbocycles. The molecule has 0 atom stereocenters. The first-order valence-corrected chi connectivity index (χ1v) is 4.43. The molecule has 12 heavy (non-hydrogen) atoms. The summed E-state index contributed by atoms with van der Waals surface area (Å²) < 4.78 is 0.917. The molecule has 0 aliphatic heterocycles. The summed E-state index contributed by atoms with van der Waals surface area (Å²) in [5.74, 6) is 0. The molecule has 0 spiro atoms. The molecular weight excluding hydrogens is 152 g/mol. The second kappa shape index (κ2) is 3.09. The van der Waals surface area contributed by atoms with Crippen molar-refractivity contribution in [2.45, 2.75) is 32.1 Å². The monoisotopic (exact) mass is 164 g/mol. The zero-order valence-corrected chi connectivity index (χ0v) is 6.99. The van der Waals surface area contributed by atoms with Gasteiger partial charge in [-0.3, -0.25) is 0 Å². The van der Waals surface area contributed by atoms with E-state index in [1.54, 1.807) is 0 Å². The van der Waals surface area contributed by atoms with Gasteiger partial charge in [0.05, 0.1) is 0 Å². The van der Waals surface area contributed by atoms with Gasteiger partial charge in [-0.2, -0.15) is 0 Å². The molecule has 0 amide bonds. The Bertz CT molecular complexity index is 286. The average Bonchev–Trinajstić information content (AvgIpc) is 2.30. The topological polar surface area (TPSA) is 39.8 Å². The van der Waals surface area contributed by atoms with Crippen molar-refractivity contribution < 1.29 is 4.73 Å². The summed E-state index contributed by atoms with van der Waals surface area (Å²) in [6.07, 6.45) is 8.68. The molecule has 0 unspecified atom stereocenters. The van der Waals surface area contributed by atoms with Crippen LogP contribution in [-0.2, 0) is 12.8 Å². The van der Waals surface area contributed by atoms with Gasteiger partial charge in [-0.15, -0.1) is 0 Å². The van der Waals surface area contributed by atoms with Gasteiger partial charge >= 0.3 is 0 Å². The maximum absolute atomic E-state index is 11.3. The fourth-order valence-corrected chi connectivity index (χ4v) is 1.73. The van der Waals surface area contributed by atoms with Crippen LogP contribution in [0.15, 0.2) is 12.5 Å². The molecule has 0 saturated heterocycles. The molecular formula is C9H12N2O. The molecule has 1 heterocycles. The molecule has 1 aromatic heterocycles. The maximum Gasteiger partial charge on any atom is 0.289 e. The van der Waals surface area contributed by atoms with Gasteiger partial charge in [0.15, 0.2) is 0 Å². The zero-order valence-electron chi connectivity index (χ0n) is 6.99. The van der Waals surface area contributed by atoms with Crippen LogP contribution in [0.3, 0.4) is 0 Å². The van der Waals surface area contributed by atoms with Gasteiger partial charge in [0.25, 0.3) is 6.33 Å². The number of aromatic nitrogens is 2. The Labute approximate surface area is 71.6 Å². The summed E-state index contributed by atoms with van der Waals surface area (Å²) in [4.78, 5) is 3.89. The highest BCUT2D eigenvalue weighted by Gasteiger charge is 2.13. The third-order valence-corrected chi connectivity index (χ3v) is 2.40. The molecule has 3 heteroatoms. The van der Waals surface area contributed by atoms with Gasteiger partial charge in [0, 0.05) is 12.0 Å². The minimum Gasteiger partial charge on any atom is -0.711 e. The van der Waals surface area contributed by atoms with E-state index in [0.29, 0.717) is 0 Å². The fraction of sp³-hybridized carbons (Fsp3) is 0.556. The van der Waals surface area contributed by atoms with E-state index in [-0.39, 0.29) is 0 Å². The maximum atomic E-state index is 11.3. The van der Waals surface area contributed by atoms with Crippen molar-refractivity contribution >= 4 is 0 Å². The Kier molecular flexibility index (Phi) is 1.94. The largest absolute Gasteiger partial charge is 0.711 e. The van der Waals surface area contributed by atoms with Gasteiger partial charge in [-0.1, -0.05) is 11.4 Å². The van der Waals surface area contributed by atoms with Crippen molar-refractivity contribution in [1.29, 1.82) is 0 Å². The molecule has 0 radical (unpaired) electrons. The van der Waals surface area contributed by atoms with E-state index in [1.165, 1.54) is 19.2 Å². The standard InChI is InChI=1S/C9H12N2O/c12-11-7-10-6-8-4-2-1-3-5-9(8)11/h6-7H,1-5H2. The van der Waals surface area contributed by atoms with E-state index < -0.39 is 0 Å². The number of rotatable bonds is 0. The third kappa shape index (κ3) is 1.26. The number of hydrogen-bond donors (Lipinski definition) is 0. The quantitative estimate of drug-likeness (QED) is 0.326. The third-order valence-electron chi connectivity index (χ3n) is 2.40. The van der Waals surface area contributed by atoms with Crippen LogP contribution in [0, 0.1) is 5.21 Å². The van der Waals surface area contributed by atoms with Gasteiger partial charge in [0.1, 0.15) is 11.9 Å². The molecule has 2 rings (SSSR count). The molecule has 0 N–H and O–H groups in total. The number of aryl methyl sites for hydroxylation is 1. The highest BCUT2D eigenvalue weighted by molar-refractivity contribution is 5.13. The number of nitrogens with zero attached hydrogens (tertiary/aromatic N) is 2. The molecule has 3 nitrogen and oxygen atoms in total. The molecule has 0 fully saturated rings. The van der Waals surface area contributed by atoms with E-state index in [4.69, 9.17) is 0 Å². The Morgan fingerprint density at radius 3 is 3.00 bits per heavy atom. The van der Waals surface area contributed by atoms with Crippen LogP contribution in [0.1, 0.15) is 30.5 Å². The molecule has 0 saturated carbocycles. The van der Waals surface area contributed by atoms with Gasteiger partial charge in [-0.05, 0) is 19.3 Å². The second-order valence-electron chi connectivity index (χ2n) is 3.25. The Morgan fingerprint density at radius 2 is 2.08 bits per heavy atom. The average molecular weight is 164 g/mol. The Hall–Kier alpha value is -1.12. The lowest BCUT2D eigenvalue weighted by Crippen LogP contribution is -2.33. The Morgan fingerprint density at radius 1 is 1.25 bits per heavy atom. The number of hydrogen-bond acceptors (Lipinski definition) is 2. The smallest absolute Gasteiger partial charge is 0.289 e. The first-order chi connectivity index (χ1) is 5.88. The van der Waals surface area contributed by atoms with Crippen molar-refractivity contribution in [3.8, 4) is 0 Å². The number of fused-ring (bicyclic) bond motifs is 1. The normalized spacial score (nSPS) is 16.7. The highest BCUT2D eigenvalue weighted by atomic mass is 16.5. The SMILES string of the molecule is [O-][n+]1cncc2c1CCCCC2. The molecule has 1 aliphatic rings. The summed E-state index contributed by atoms with van der Waals surface area (Å²) in [6, 6.07) is 0. The van der Waals surface area contributed by atoms with Crippen LogP contribution in [-0.4, -0.2) is 4.98 Å². The molecule has 0 bridgehead atoms. The van der Waals surface area contributed by atoms with Crippen LogP contribution in [0.25, 0.3) is 0 Å². The predicted octanol–water partition coefficient (Wildman–Crippen LogP) is 0.984. The van der Waals surface area contributed by atoms with E-state index in [2.05, 4.69) is 4.98 Å². The van der Waals surface area contributed by atoms with E-state index >= 15 is 0 Å². The molecule has 0 aromatic carbocycles. The summed E-state index contributed by atoms with van der Waals surface area (Å²) in [7, 11) is 0. The van der Waals surface area contributed by atoms with Crippen LogP contribution >= 0.6 is 0 Å². The van der Waals surface area contributed by atoms with Crippen LogP contribution in [0.4, 0.5) is 0 Å². The van der Waals surface area contributed by atoms with Crippen molar-refractivity contribution in [1.82, 2.24) is 4.98 Å². The minimum absolute atomic E-state index is 0.917. The van der Waals surface area contributed by atoms with Gasteiger partial charge in [0.2, 0.25) is 0 Å². The lowest BCUT2D eigenvalue weighted by molar-refractivity contribution is -0.617. The van der Waals surface area contributed by atoms with E-state index in [1.807, 2.05) is 6.20 Å². The molecule has 1 aromatic rings. The summed E-state index contributed by atoms with van der Waals surface area (Å²) in [5, 5.41) is 11.3. The van der Waals surface area contributed by atoms with Gasteiger partial charge < -0.3 is 5.21 Å². The van der Waals surface area contributed by atoms with Crippen LogP contribution < -0.4 is 4.73 Å². The van der Waals surface area contributed by atoms with E-state index in [9.17, 15) is 5.21 Å². The second-order valence-corrected chi connectivity index (χ2v) is 3.25. The zero-order chi connectivity index (χ0) is 8.39. The highest BCUT2D eigenvalue weighted by Crippen LogP contribution is 2.15. The summed E-state index contributed by atoms with van der Waals surface area (Å²) in [6.45, 7) is 0.